The summed E-state index contributed by atoms with van der Waals surface area (Å²) in [7, 11) is 0. The van der Waals surface area contributed by atoms with Gasteiger partial charge in [-0.05, 0) is 56.2 Å². The number of hydrogen-bond donors (Lipinski definition) is 0. The zero-order valence-electron chi connectivity index (χ0n) is 26.2. The quantitative estimate of drug-likeness (QED) is 0.239. The fourth-order valence-electron chi connectivity index (χ4n) is 6.42. The van der Waals surface area contributed by atoms with Crippen LogP contribution < -0.4 is 9.64 Å². The maximum atomic E-state index is 13.6. The molecule has 9 nitrogen and oxygen atoms in total. The Morgan fingerprint density at radius 3 is 2.44 bits per heavy atom. The summed E-state index contributed by atoms with van der Waals surface area (Å²) in [5.41, 5.74) is 4.38. The average molecular weight is 631 g/mol. The Labute approximate surface area is 269 Å². The molecule has 6 rings (SSSR count). The number of piperazine rings is 2. The molecule has 4 aromatic rings. The minimum Gasteiger partial charge on any atom is -0.452 e. The number of anilines is 1. The Bertz CT molecular complexity index is 1690. The fourth-order valence-corrected chi connectivity index (χ4v) is 6.59. The molecule has 2 aromatic carbocycles. The summed E-state index contributed by atoms with van der Waals surface area (Å²) < 4.78 is 21.8. The van der Waals surface area contributed by atoms with Crippen LogP contribution in [0.15, 0.2) is 48.9 Å². The second kappa shape index (κ2) is 13.7. The lowest BCUT2D eigenvalue weighted by Crippen LogP contribution is -2.49. The Hall–Kier alpha value is -3.75. The minimum absolute atomic E-state index is 0.00387. The van der Waals surface area contributed by atoms with Crippen LogP contribution in [0.1, 0.15) is 30.7 Å². The molecule has 2 aliphatic rings. The van der Waals surface area contributed by atoms with Crippen LogP contribution >= 0.6 is 11.6 Å². The van der Waals surface area contributed by atoms with Crippen LogP contribution in [0.25, 0.3) is 10.9 Å². The molecule has 236 valence electrons. The Morgan fingerprint density at radius 2 is 1.73 bits per heavy atom. The molecule has 0 N–H and O–H groups in total. The lowest BCUT2D eigenvalue weighted by atomic mass is 10.0. The van der Waals surface area contributed by atoms with Crippen molar-refractivity contribution in [2.45, 2.75) is 39.9 Å². The summed E-state index contributed by atoms with van der Waals surface area (Å²) in [5, 5.41) is 11.1. The van der Waals surface area contributed by atoms with Gasteiger partial charge in [-0.15, -0.1) is 0 Å². The molecule has 0 bridgehead atoms. The molecule has 11 heteroatoms. The molecule has 0 amide bonds. The van der Waals surface area contributed by atoms with Gasteiger partial charge in [0.2, 0.25) is 0 Å². The first-order valence-corrected chi connectivity index (χ1v) is 16.1. The fraction of sp³-hybridized carbons (Fsp3) is 0.441. The Morgan fingerprint density at radius 1 is 0.978 bits per heavy atom. The van der Waals surface area contributed by atoms with E-state index in [2.05, 4.69) is 79.2 Å². The van der Waals surface area contributed by atoms with Crippen molar-refractivity contribution >= 4 is 28.3 Å². The van der Waals surface area contributed by atoms with Crippen molar-refractivity contribution in [3.8, 4) is 17.6 Å². The average Bonchev–Trinajstić information content (AvgIpc) is 3.42. The second-order valence-electron chi connectivity index (χ2n) is 12.2. The molecule has 0 radical (unpaired) electrons. The lowest BCUT2D eigenvalue weighted by molar-refractivity contribution is 0.106. The van der Waals surface area contributed by atoms with Gasteiger partial charge in [0.05, 0.1) is 11.2 Å². The van der Waals surface area contributed by atoms with Gasteiger partial charge in [-0.3, -0.25) is 14.7 Å². The van der Waals surface area contributed by atoms with Crippen LogP contribution in [0.2, 0.25) is 5.02 Å². The van der Waals surface area contributed by atoms with Gasteiger partial charge >= 0.3 is 0 Å². The molecular weight excluding hydrogens is 591 g/mol. The van der Waals surface area contributed by atoms with E-state index in [1.807, 2.05) is 0 Å². The highest BCUT2D eigenvalue weighted by molar-refractivity contribution is 6.30. The zero-order valence-corrected chi connectivity index (χ0v) is 27.0. The van der Waals surface area contributed by atoms with Gasteiger partial charge in [0.1, 0.15) is 29.7 Å². The van der Waals surface area contributed by atoms with E-state index in [0.717, 1.165) is 88.6 Å². The van der Waals surface area contributed by atoms with Crippen molar-refractivity contribution < 1.29 is 9.13 Å². The van der Waals surface area contributed by atoms with Crippen LogP contribution in [-0.4, -0.2) is 94.2 Å². The number of fused-ring (bicyclic) bond motifs is 1. The number of benzene rings is 2. The summed E-state index contributed by atoms with van der Waals surface area (Å²) >= 11 is 5.95. The number of rotatable bonds is 9. The van der Waals surface area contributed by atoms with Crippen molar-refractivity contribution in [2.24, 2.45) is 0 Å². The highest BCUT2D eigenvalue weighted by Gasteiger charge is 2.23. The summed E-state index contributed by atoms with van der Waals surface area (Å²) in [6.07, 6.45) is 3.14. The van der Waals surface area contributed by atoms with E-state index < -0.39 is 5.82 Å². The van der Waals surface area contributed by atoms with Gasteiger partial charge in [-0.1, -0.05) is 17.7 Å². The third-order valence-electron chi connectivity index (χ3n) is 9.20. The maximum Gasteiger partial charge on any atom is 0.188 e. The number of ether oxygens (including phenoxy) is 1. The molecule has 0 saturated carbocycles. The molecule has 45 heavy (non-hydrogen) atoms. The lowest BCUT2D eigenvalue weighted by Gasteiger charge is -2.37. The first-order valence-electron chi connectivity index (χ1n) is 15.7. The summed E-state index contributed by atoms with van der Waals surface area (Å²) in [4.78, 5) is 18.3. The van der Waals surface area contributed by atoms with Gasteiger partial charge in [0.25, 0.3) is 0 Å². The van der Waals surface area contributed by atoms with E-state index in [-0.39, 0.29) is 5.02 Å². The first kappa shape index (κ1) is 31.2. The highest BCUT2D eigenvalue weighted by Crippen LogP contribution is 2.32. The highest BCUT2D eigenvalue weighted by atomic mass is 35.5. The summed E-state index contributed by atoms with van der Waals surface area (Å²) in [5.74, 6) is 1.15. The number of hydrogen-bond acceptors (Lipinski definition) is 8. The third kappa shape index (κ3) is 6.92. The SMILES string of the molecule is Cc1c(CN2CCN(c3ncncc3Oc3ccc(F)c(Cl)c3)CC2)ccc2c1cc(C#N)n2CCN1CCN(C(C)C)CC1. The standard InChI is InChI=1S/C34H40ClFN8O/c1-24(2)42-13-8-40(9-14-42)12-17-44-27(20-37)18-29-25(3)26(4-7-32(29)44)22-41-10-15-43(16-11-41)34-33(21-38-23-39-34)45-28-5-6-31(36)30(35)19-28/h4-7,18-19,21,23-24H,8-17,22H2,1-3H3. The smallest absolute Gasteiger partial charge is 0.188 e. The van der Waals surface area contributed by atoms with E-state index in [1.165, 1.54) is 35.7 Å². The van der Waals surface area contributed by atoms with Crippen molar-refractivity contribution in [3.63, 3.8) is 0 Å². The molecule has 2 aromatic heterocycles. The monoisotopic (exact) mass is 630 g/mol. The predicted molar refractivity (Wildman–Crippen MR) is 176 cm³/mol. The van der Waals surface area contributed by atoms with Crippen LogP contribution in [0.4, 0.5) is 10.2 Å². The van der Waals surface area contributed by atoms with Gasteiger partial charge in [-0.2, -0.15) is 5.26 Å². The maximum absolute atomic E-state index is 13.6. The molecule has 2 saturated heterocycles. The van der Waals surface area contributed by atoms with Gasteiger partial charge < -0.3 is 14.2 Å². The third-order valence-corrected chi connectivity index (χ3v) is 9.49. The van der Waals surface area contributed by atoms with Crippen molar-refractivity contribution in [2.75, 3.05) is 63.8 Å². The van der Waals surface area contributed by atoms with Crippen LogP contribution in [0.3, 0.4) is 0 Å². The minimum atomic E-state index is -0.492. The summed E-state index contributed by atoms with van der Waals surface area (Å²) in [6.45, 7) is 16.9. The van der Waals surface area contributed by atoms with E-state index in [9.17, 15) is 9.65 Å². The molecule has 0 spiro atoms. The van der Waals surface area contributed by atoms with E-state index >= 15 is 0 Å². The number of halogens is 2. The topological polar surface area (TPSA) is 76.7 Å². The number of nitrogens with zero attached hydrogens (tertiary/aromatic N) is 8. The van der Waals surface area contributed by atoms with Crippen molar-refractivity contribution in [1.29, 1.82) is 5.26 Å². The molecule has 0 aliphatic carbocycles. The van der Waals surface area contributed by atoms with Crippen LogP contribution in [-0.2, 0) is 13.1 Å². The van der Waals surface area contributed by atoms with Gasteiger partial charge in [0.15, 0.2) is 11.6 Å². The zero-order chi connectivity index (χ0) is 31.5. The predicted octanol–water partition coefficient (Wildman–Crippen LogP) is 5.54. The summed E-state index contributed by atoms with van der Waals surface area (Å²) in [6, 6.07) is 13.8. The van der Waals surface area contributed by atoms with Gasteiger partial charge in [0, 0.05) is 95.0 Å². The second-order valence-corrected chi connectivity index (χ2v) is 12.6. The van der Waals surface area contributed by atoms with Crippen LogP contribution in [0.5, 0.6) is 11.5 Å². The molecule has 4 heterocycles. The largest absolute Gasteiger partial charge is 0.452 e. The van der Waals surface area contributed by atoms with E-state index in [1.54, 1.807) is 6.20 Å². The molecular formula is C34H40ClFN8O. The number of aryl methyl sites for hydroxylation is 1. The molecule has 0 atom stereocenters. The molecule has 2 aliphatic heterocycles. The normalized spacial score (nSPS) is 16.9. The van der Waals surface area contributed by atoms with Crippen LogP contribution in [0, 0.1) is 24.1 Å². The first-order chi connectivity index (χ1) is 21.8. The molecule has 2 fully saturated rings. The Balaban J connectivity index is 1.09. The van der Waals surface area contributed by atoms with Gasteiger partial charge in [-0.25, -0.2) is 14.4 Å². The number of aromatic nitrogens is 3. The van der Waals surface area contributed by atoms with Crippen molar-refractivity contribution in [3.05, 3.63) is 76.6 Å². The molecule has 0 unspecified atom stereocenters. The Kier molecular flexibility index (Phi) is 9.52. The van der Waals surface area contributed by atoms with E-state index in [0.29, 0.717) is 23.4 Å². The number of nitriles is 1. The van der Waals surface area contributed by atoms with E-state index in [4.69, 9.17) is 16.3 Å². The van der Waals surface area contributed by atoms with Crippen molar-refractivity contribution in [1.82, 2.24) is 29.2 Å².